The number of benzene rings is 1. The van der Waals surface area contributed by atoms with Gasteiger partial charge in [-0.2, -0.15) is 0 Å². The molecule has 4 heteroatoms. The van der Waals surface area contributed by atoms with Gasteiger partial charge in [-0.1, -0.05) is 25.8 Å². The van der Waals surface area contributed by atoms with Crippen LogP contribution in [0, 0.1) is 0 Å². The Hall–Kier alpha value is -1.16. The predicted octanol–water partition coefficient (Wildman–Crippen LogP) is 3.73. The van der Waals surface area contributed by atoms with Gasteiger partial charge in [0.2, 0.25) is 0 Å². The number of ether oxygens (including phenoxy) is 1. The molecule has 0 fully saturated rings. The lowest BCUT2D eigenvalue weighted by Crippen LogP contribution is -2.07. The van der Waals surface area contributed by atoms with Crippen molar-refractivity contribution in [3.8, 4) is 0 Å². The molecule has 0 aliphatic rings. The van der Waals surface area contributed by atoms with Crippen molar-refractivity contribution in [2.24, 2.45) is 0 Å². The molecule has 0 amide bonds. The normalized spacial score (nSPS) is 10.3. The molecule has 0 unspecified atom stereocenters. The van der Waals surface area contributed by atoms with Gasteiger partial charge in [0.1, 0.15) is 0 Å². The Bertz CT molecular complexity index is 393. The molecule has 18 heavy (non-hydrogen) atoms. The minimum absolute atomic E-state index is 0.289. The van der Waals surface area contributed by atoms with Crippen LogP contribution in [0.1, 0.15) is 43.5 Å². The molecular weight excluding hydrogens is 246 g/mol. The Balaban J connectivity index is 2.77. The van der Waals surface area contributed by atoms with Crippen LogP contribution in [0.3, 0.4) is 0 Å². The van der Waals surface area contributed by atoms with Gasteiger partial charge in [-0.3, -0.25) is 0 Å². The second-order valence-electron chi connectivity index (χ2n) is 4.00. The van der Waals surface area contributed by atoms with Crippen LogP contribution >= 0.6 is 11.8 Å². The third-order valence-electron chi connectivity index (χ3n) is 2.54. The lowest BCUT2D eigenvalue weighted by molar-refractivity contribution is 0.0522. The van der Waals surface area contributed by atoms with Crippen molar-refractivity contribution in [2.75, 3.05) is 18.1 Å². The van der Waals surface area contributed by atoms with Gasteiger partial charge in [-0.05, 0) is 31.2 Å². The van der Waals surface area contributed by atoms with E-state index in [-0.39, 0.29) is 5.97 Å². The topological polar surface area (TPSA) is 52.3 Å². The van der Waals surface area contributed by atoms with Crippen LogP contribution in [0.2, 0.25) is 0 Å². The number of esters is 1. The molecular formula is C14H21NO2S. The number of rotatable bonds is 7. The first-order valence-electron chi connectivity index (χ1n) is 6.39. The van der Waals surface area contributed by atoms with Crippen LogP contribution in [-0.4, -0.2) is 18.3 Å². The Morgan fingerprint density at radius 3 is 2.78 bits per heavy atom. The molecule has 0 saturated carbocycles. The highest BCUT2D eigenvalue weighted by molar-refractivity contribution is 7.99. The molecule has 0 bridgehead atoms. The first-order valence-corrected chi connectivity index (χ1v) is 7.37. The second kappa shape index (κ2) is 8.03. The quantitative estimate of drug-likeness (QED) is 0.354. The molecule has 3 nitrogen and oxygen atoms in total. The van der Waals surface area contributed by atoms with Crippen LogP contribution in [-0.2, 0) is 4.74 Å². The van der Waals surface area contributed by atoms with Crippen molar-refractivity contribution in [1.29, 1.82) is 0 Å². The van der Waals surface area contributed by atoms with Crippen molar-refractivity contribution < 1.29 is 9.53 Å². The van der Waals surface area contributed by atoms with E-state index in [2.05, 4.69) is 6.92 Å². The molecule has 100 valence electrons. The molecule has 0 aromatic heterocycles. The lowest BCUT2D eigenvalue weighted by Gasteiger charge is -2.10. The minimum atomic E-state index is -0.289. The highest BCUT2D eigenvalue weighted by Crippen LogP contribution is 2.30. The van der Waals surface area contributed by atoms with Gasteiger partial charge < -0.3 is 10.5 Å². The van der Waals surface area contributed by atoms with Crippen LogP contribution in [0.4, 0.5) is 5.69 Å². The Labute approximate surface area is 113 Å². The molecule has 1 aromatic carbocycles. The van der Waals surface area contributed by atoms with Gasteiger partial charge in [-0.15, -0.1) is 11.8 Å². The minimum Gasteiger partial charge on any atom is -0.462 e. The van der Waals surface area contributed by atoms with Crippen molar-refractivity contribution in [2.45, 2.75) is 38.0 Å². The van der Waals surface area contributed by atoms with Gasteiger partial charge in [0.15, 0.2) is 0 Å². The number of carbonyl (C=O) groups excluding carboxylic acids is 1. The van der Waals surface area contributed by atoms with Crippen LogP contribution in [0.25, 0.3) is 0 Å². The molecule has 2 N–H and O–H groups in total. The van der Waals surface area contributed by atoms with E-state index in [1.54, 1.807) is 30.8 Å². The first kappa shape index (κ1) is 14.9. The molecule has 0 atom stereocenters. The SMILES string of the molecule is CCCCCSc1c(N)cccc1C(=O)OCC. The van der Waals surface area contributed by atoms with Crippen molar-refractivity contribution in [3.63, 3.8) is 0 Å². The summed E-state index contributed by atoms with van der Waals surface area (Å²) in [4.78, 5) is 12.7. The number of hydrogen-bond acceptors (Lipinski definition) is 4. The second-order valence-corrected chi connectivity index (χ2v) is 5.11. The van der Waals surface area contributed by atoms with E-state index in [9.17, 15) is 4.79 Å². The number of thioether (sulfide) groups is 1. The fourth-order valence-electron chi connectivity index (χ4n) is 1.61. The van der Waals surface area contributed by atoms with Gasteiger partial charge in [0.25, 0.3) is 0 Å². The predicted molar refractivity (Wildman–Crippen MR) is 77.1 cm³/mol. The summed E-state index contributed by atoms with van der Waals surface area (Å²) in [5.41, 5.74) is 7.18. The zero-order valence-corrected chi connectivity index (χ0v) is 11.9. The maximum atomic E-state index is 11.8. The maximum Gasteiger partial charge on any atom is 0.339 e. The average Bonchev–Trinajstić information content (AvgIpc) is 2.36. The molecule has 0 aliphatic carbocycles. The zero-order valence-electron chi connectivity index (χ0n) is 11.1. The van der Waals surface area contributed by atoms with Crippen molar-refractivity contribution in [3.05, 3.63) is 23.8 Å². The Morgan fingerprint density at radius 1 is 1.33 bits per heavy atom. The summed E-state index contributed by atoms with van der Waals surface area (Å²) >= 11 is 1.64. The maximum absolute atomic E-state index is 11.8. The van der Waals surface area contributed by atoms with E-state index in [1.165, 1.54) is 12.8 Å². The lowest BCUT2D eigenvalue weighted by atomic mass is 10.2. The number of nitrogen functional groups attached to an aromatic ring is 1. The van der Waals surface area contributed by atoms with E-state index in [1.807, 2.05) is 6.07 Å². The standard InChI is InChI=1S/C14H21NO2S/c1-3-5-6-10-18-13-11(14(16)17-4-2)8-7-9-12(13)15/h7-9H,3-6,10,15H2,1-2H3. The first-order chi connectivity index (χ1) is 8.70. The fourth-order valence-corrected chi connectivity index (χ4v) is 2.71. The van der Waals surface area contributed by atoms with Gasteiger partial charge in [-0.25, -0.2) is 4.79 Å². The molecule has 1 rings (SSSR count). The van der Waals surface area contributed by atoms with E-state index in [0.717, 1.165) is 17.1 Å². The smallest absolute Gasteiger partial charge is 0.339 e. The summed E-state index contributed by atoms with van der Waals surface area (Å²) in [5.74, 6) is 0.692. The summed E-state index contributed by atoms with van der Waals surface area (Å²) in [5, 5.41) is 0. The van der Waals surface area contributed by atoms with E-state index in [0.29, 0.717) is 17.9 Å². The molecule has 0 spiro atoms. The van der Waals surface area contributed by atoms with E-state index >= 15 is 0 Å². The monoisotopic (exact) mass is 267 g/mol. The Morgan fingerprint density at radius 2 is 2.11 bits per heavy atom. The summed E-state index contributed by atoms with van der Waals surface area (Å²) in [6.45, 7) is 4.36. The highest BCUT2D eigenvalue weighted by atomic mass is 32.2. The molecule has 0 radical (unpaired) electrons. The summed E-state index contributed by atoms with van der Waals surface area (Å²) in [6, 6.07) is 5.39. The zero-order chi connectivity index (χ0) is 13.4. The number of nitrogens with two attached hydrogens (primary N) is 1. The molecule has 0 aliphatic heterocycles. The van der Waals surface area contributed by atoms with Crippen LogP contribution in [0.15, 0.2) is 23.1 Å². The third kappa shape index (κ3) is 4.26. The van der Waals surface area contributed by atoms with Crippen LogP contribution in [0.5, 0.6) is 0 Å². The fraction of sp³-hybridized carbons (Fsp3) is 0.500. The van der Waals surface area contributed by atoms with Crippen molar-refractivity contribution in [1.82, 2.24) is 0 Å². The van der Waals surface area contributed by atoms with Gasteiger partial charge in [0.05, 0.1) is 12.2 Å². The number of hydrogen-bond donors (Lipinski definition) is 1. The van der Waals surface area contributed by atoms with Gasteiger partial charge in [0, 0.05) is 10.6 Å². The Kier molecular flexibility index (Phi) is 6.65. The third-order valence-corrected chi connectivity index (χ3v) is 3.77. The number of carbonyl (C=O) groups is 1. The average molecular weight is 267 g/mol. The largest absolute Gasteiger partial charge is 0.462 e. The van der Waals surface area contributed by atoms with Crippen molar-refractivity contribution >= 4 is 23.4 Å². The highest BCUT2D eigenvalue weighted by Gasteiger charge is 2.14. The van der Waals surface area contributed by atoms with E-state index in [4.69, 9.17) is 10.5 Å². The van der Waals surface area contributed by atoms with Crippen LogP contribution < -0.4 is 5.73 Å². The summed E-state index contributed by atoms with van der Waals surface area (Å²) in [6.07, 6.45) is 3.53. The van der Waals surface area contributed by atoms with Gasteiger partial charge >= 0.3 is 5.97 Å². The number of anilines is 1. The molecule has 0 heterocycles. The van der Waals surface area contributed by atoms with E-state index < -0.39 is 0 Å². The molecule has 1 aromatic rings. The summed E-state index contributed by atoms with van der Waals surface area (Å²) in [7, 11) is 0. The number of unbranched alkanes of at least 4 members (excludes halogenated alkanes) is 2. The molecule has 0 saturated heterocycles. The summed E-state index contributed by atoms with van der Waals surface area (Å²) < 4.78 is 5.04.